The summed E-state index contributed by atoms with van der Waals surface area (Å²) >= 11 is 0. The lowest BCUT2D eigenvalue weighted by Crippen LogP contribution is -2.38. The molecule has 0 bridgehead atoms. The minimum Gasteiger partial charge on any atom is -0.337 e. The molecule has 0 aliphatic carbocycles. The molecule has 1 aliphatic heterocycles. The van der Waals surface area contributed by atoms with E-state index in [0.717, 1.165) is 31.0 Å². The molecule has 1 N–H and O–H groups in total. The van der Waals surface area contributed by atoms with Crippen LogP contribution < -0.4 is 5.32 Å². The number of hydrogen-bond donors (Lipinski definition) is 1. The van der Waals surface area contributed by atoms with E-state index in [-0.39, 0.29) is 18.5 Å². The molecule has 1 aromatic heterocycles. The molecule has 4 rings (SSSR count). The monoisotopic (exact) mass is 478 g/mol. The van der Waals surface area contributed by atoms with Gasteiger partial charge in [0, 0.05) is 38.4 Å². The molecule has 1 saturated heterocycles. The maximum absolute atomic E-state index is 13.5. The van der Waals surface area contributed by atoms with Crippen molar-refractivity contribution in [2.24, 2.45) is 0 Å². The van der Waals surface area contributed by atoms with Crippen LogP contribution in [-0.2, 0) is 30.8 Å². The molecule has 1 fully saturated rings. The quantitative estimate of drug-likeness (QED) is 0.395. The molecule has 5 nitrogen and oxygen atoms in total. The van der Waals surface area contributed by atoms with Gasteiger partial charge in [0.15, 0.2) is 0 Å². The molecule has 1 aliphatic rings. The number of carbonyl (C=O) groups is 1. The van der Waals surface area contributed by atoms with Gasteiger partial charge in [-0.1, -0.05) is 29.8 Å². The molecule has 1 amide bonds. The maximum Gasteiger partial charge on any atom is 0.240 e. The Kier molecular flexibility index (Phi) is 8.08. The Balaban J connectivity index is 1.29. The van der Waals surface area contributed by atoms with E-state index in [1.54, 1.807) is 11.2 Å². The third kappa shape index (κ3) is 6.85. The molecular weight excluding hydrogens is 446 g/mol. The summed E-state index contributed by atoms with van der Waals surface area (Å²) < 4.78 is 29.0. The van der Waals surface area contributed by atoms with E-state index in [1.807, 2.05) is 6.20 Å². The number of imidazole rings is 1. The minimum absolute atomic E-state index is 0.0528. The second-order valence-corrected chi connectivity index (χ2v) is 9.40. The molecule has 35 heavy (non-hydrogen) atoms. The van der Waals surface area contributed by atoms with Crippen molar-refractivity contribution in [2.75, 3.05) is 6.54 Å². The lowest BCUT2D eigenvalue weighted by Gasteiger charge is -2.18. The molecule has 2 heterocycles. The number of nitrogens with zero attached hydrogens (tertiary/aromatic N) is 3. The van der Waals surface area contributed by atoms with Crippen LogP contribution in [0.25, 0.3) is 0 Å². The number of carbonyl (C=O) groups excluding carboxylic acids is 1. The van der Waals surface area contributed by atoms with Gasteiger partial charge >= 0.3 is 0 Å². The van der Waals surface area contributed by atoms with Gasteiger partial charge < -0.3 is 14.8 Å². The van der Waals surface area contributed by atoms with E-state index in [9.17, 15) is 13.6 Å². The highest BCUT2D eigenvalue weighted by atomic mass is 19.1. The fourth-order valence-electron chi connectivity index (χ4n) is 4.48. The van der Waals surface area contributed by atoms with Gasteiger partial charge in [-0.05, 0) is 61.4 Å². The van der Waals surface area contributed by atoms with Crippen LogP contribution in [0.15, 0.2) is 67.1 Å². The topological polar surface area (TPSA) is 50.2 Å². The number of amides is 1. The van der Waals surface area contributed by atoms with Crippen molar-refractivity contribution in [3.05, 3.63) is 101 Å². The third-order valence-electron chi connectivity index (χ3n) is 6.37. The van der Waals surface area contributed by atoms with Gasteiger partial charge in [-0.15, -0.1) is 6.58 Å². The average Bonchev–Trinajstić information content (AvgIpc) is 3.39. The van der Waals surface area contributed by atoms with Crippen LogP contribution in [0, 0.1) is 11.6 Å². The van der Waals surface area contributed by atoms with E-state index < -0.39 is 11.6 Å². The summed E-state index contributed by atoms with van der Waals surface area (Å²) in [6.07, 6.45) is 7.48. The zero-order valence-corrected chi connectivity index (χ0v) is 20.1. The van der Waals surface area contributed by atoms with Crippen LogP contribution >= 0.6 is 0 Å². The molecule has 0 radical (unpaired) electrons. The standard InChI is InChI=1S/C28H32F2N4O/c1-20(2)4-3-5-21-6-8-22(9-7-21)17-34-19-31-15-26(34)16-32-27-10-11-33(28(27)35)18-23-12-24(29)14-25(30)13-23/h6-9,12-15,19,27,32H,1,3-5,10-11,16-18H2,2H3. The summed E-state index contributed by atoms with van der Waals surface area (Å²) in [4.78, 5) is 18.7. The minimum atomic E-state index is -0.632. The highest BCUT2D eigenvalue weighted by Crippen LogP contribution is 2.18. The van der Waals surface area contributed by atoms with Crippen LogP contribution in [-0.4, -0.2) is 32.9 Å². The van der Waals surface area contributed by atoms with Crippen LogP contribution in [0.5, 0.6) is 0 Å². The first-order valence-corrected chi connectivity index (χ1v) is 12.1. The molecule has 1 atom stereocenters. The van der Waals surface area contributed by atoms with E-state index in [1.165, 1.54) is 28.8 Å². The number of rotatable bonds is 11. The van der Waals surface area contributed by atoms with E-state index >= 15 is 0 Å². The molecule has 7 heteroatoms. The van der Waals surface area contributed by atoms with Gasteiger partial charge in [-0.3, -0.25) is 4.79 Å². The summed E-state index contributed by atoms with van der Waals surface area (Å²) in [5.74, 6) is -1.32. The van der Waals surface area contributed by atoms with Crippen LogP contribution in [0.4, 0.5) is 8.78 Å². The van der Waals surface area contributed by atoms with Crippen LogP contribution in [0.1, 0.15) is 48.6 Å². The maximum atomic E-state index is 13.5. The van der Waals surface area contributed by atoms with Gasteiger partial charge in [0.2, 0.25) is 5.91 Å². The predicted octanol–water partition coefficient (Wildman–Crippen LogP) is 5.00. The molecule has 2 aromatic carbocycles. The zero-order chi connectivity index (χ0) is 24.8. The number of aromatic nitrogens is 2. The lowest BCUT2D eigenvalue weighted by molar-refractivity contribution is -0.130. The van der Waals surface area contributed by atoms with E-state index in [0.29, 0.717) is 31.6 Å². The molecular formula is C28H32F2N4O. The highest BCUT2D eigenvalue weighted by Gasteiger charge is 2.31. The molecule has 0 saturated carbocycles. The number of likely N-dealkylation sites (tertiary alicyclic amines) is 1. The Morgan fingerprint density at radius 3 is 2.51 bits per heavy atom. The second-order valence-electron chi connectivity index (χ2n) is 9.40. The zero-order valence-electron chi connectivity index (χ0n) is 20.1. The Morgan fingerprint density at radius 1 is 1.09 bits per heavy atom. The fourth-order valence-corrected chi connectivity index (χ4v) is 4.48. The second kappa shape index (κ2) is 11.4. The van der Waals surface area contributed by atoms with Crippen LogP contribution in [0.2, 0.25) is 0 Å². The van der Waals surface area contributed by atoms with Crippen molar-refractivity contribution in [2.45, 2.75) is 58.3 Å². The summed E-state index contributed by atoms with van der Waals surface area (Å²) in [6, 6.07) is 11.7. The Bertz CT molecular complexity index is 1150. The summed E-state index contributed by atoms with van der Waals surface area (Å²) in [5.41, 5.74) is 5.19. The number of halogens is 2. The molecule has 0 spiro atoms. The van der Waals surface area contributed by atoms with Crippen molar-refractivity contribution in [1.82, 2.24) is 19.8 Å². The SMILES string of the molecule is C=C(C)CCCc1ccc(Cn2cncc2CNC2CCN(Cc3cc(F)cc(F)c3)C2=O)cc1. The predicted molar refractivity (Wildman–Crippen MR) is 133 cm³/mol. The molecule has 184 valence electrons. The molecule has 1 unspecified atom stereocenters. The van der Waals surface area contributed by atoms with Gasteiger partial charge in [-0.2, -0.15) is 0 Å². The number of aryl methyl sites for hydroxylation is 1. The average molecular weight is 479 g/mol. The number of allylic oxidation sites excluding steroid dienone is 1. The van der Waals surface area contributed by atoms with Crippen molar-refractivity contribution in [1.29, 1.82) is 0 Å². The van der Waals surface area contributed by atoms with Crippen LogP contribution in [0.3, 0.4) is 0 Å². The smallest absolute Gasteiger partial charge is 0.240 e. The highest BCUT2D eigenvalue weighted by molar-refractivity contribution is 5.83. The van der Waals surface area contributed by atoms with Crippen molar-refractivity contribution >= 4 is 5.91 Å². The normalized spacial score (nSPS) is 15.7. The van der Waals surface area contributed by atoms with E-state index in [2.05, 4.69) is 52.6 Å². The van der Waals surface area contributed by atoms with Crippen molar-refractivity contribution < 1.29 is 13.6 Å². The summed E-state index contributed by atoms with van der Waals surface area (Å²) in [5, 5.41) is 3.33. The van der Waals surface area contributed by atoms with Gasteiger partial charge in [0.25, 0.3) is 0 Å². The fraction of sp³-hybridized carbons (Fsp3) is 0.357. The summed E-state index contributed by atoms with van der Waals surface area (Å²) in [6.45, 7) is 7.99. The van der Waals surface area contributed by atoms with Crippen molar-refractivity contribution in [3.8, 4) is 0 Å². The Labute approximate surface area is 205 Å². The van der Waals surface area contributed by atoms with Gasteiger partial charge in [0.1, 0.15) is 11.6 Å². The number of benzene rings is 2. The lowest BCUT2D eigenvalue weighted by atomic mass is 10.0. The largest absolute Gasteiger partial charge is 0.337 e. The van der Waals surface area contributed by atoms with Crippen molar-refractivity contribution in [3.63, 3.8) is 0 Å². The Morgan fingerprint density at radius 2 is 1.80 bits per heavy atom. The first-order chi connectivity index (χ1) is 16.9. The first-order valence-electron chi connectivity index (χ1n) is 12.1. The Hall–Kier alpha value is -3.32. The molecule has 3 aromatic rings. The third-order valence-corrected chi connectivity index (χ3v) is 6.37. The van der Waals surface area contributed by atoms with E-state index in [4.69, 9.17) is 0 Å². The number of nitrogens with one attached hydrogen (secondary N) is 1. The summed E-state index contributed by atoms with van der Waals surface area (Å²) in [7, 11) is 0. The number of hydrogen-bond acceptors (Lipinski definition) is 3. The first kappa shape index (κ1) is 24.8. The van der Waals surface area contributed by atoms with Gasteiger partial charge in [0.05, 0.1) is 18.1 Å². The van der Waals surface area contributed by atoms with Gasteiger partial charge in [-0.25, -0.2) is 13.8 Å².